The molecular weight excluding hydrogens is 218 g/mol. The molecule has 0 spiro atoms. The first-order valence-corrected chi connectivity index (χ1v) is 5.99. The predicted molar refractivity (Wildman–Crippen MR) is 55.4 cm³/mol. The number of fused-ring (bicyclic) bond motifs is 1. The van der Waals surface area contributed by atoms with Crippen molar-refractivity contribution in [1.82, 2.24) is 9.71 Å². The van der Waals surface area contributed by atoms with Crippen LogP contribution in [0.3, 0.4) is 0 Å². The molecule has 0 radical (unpaired) electrons. The lowest BCUT2D eigenvalue weighted by Gasteiger charge is -1.99. The van der Waals surface area contributed by atoms with Gasteiger partial charge in [0.05, 0.1) is 18.1 Å². The van der Waals surface area contributed by atoms with Gasteiger partial charge in [-0.2, -0.15) is 4.73 Å². The summed E-state index contributed by atoms with van der Waals surface area (Å²) in [6.45, 7) is 0. The van der Waals surface area contributed by atoms with E-state index in [9.17, 15) is 13.6 Å². The van der Waals surface area contributed by atoms with Crippen molar-refractivity contribution in [1.29, 1.82) is 0 Å². The van der Waals surface area contributed by atoms with Crippen molar-refractivity contribution in [2.24, 2.45) is 0 Å². The Balaban J connectivity index is 2.62. The third kappa shape index (κ3) is 1.86. The van der Waals surface area contributed by atoms with E-state index in [1.165, 1.54) is 12.4 Å². The molecule has 2 aromatic rings. The van der Waals surface area contributed by atoms with Crippen LogP contribution >= 0.6 is 0 Å². The Morgan fingerprint density at radius 2 is 2.27 bits per heavy atom. The van der Waals surface area contributed by atoms with E-state index in [1.54, 1.807) is 12.1 Å². The summed E-state index contributed by atoms with van der Waals surface area (Å²) >= 11 is 0. The fourth-order valence-electron chi connectivity index (χ4n) is 1.32. The van der Waals surface area contributed by atoms with E-state index in [0.29, 0.717) is 11.0 Å². The molecule has 2 aromatic heterocycles. The molecule has 0 saturated heterocycles. The van der Waals surface area contributed by atoms with Gasteiger partial charge in [-0.15, -0.1) is 0 Å². The second-order valence-electron chi connectivity index (χ2n) is 3.13. The van der Waals surface area contributed by atoms with E-state index >= 15 is 0 Å². The molecule has 2 rings (SSSR count). The third-order valence-corrected chi connectivity index (χ3v) is 2.43. The number of sulfonamides is 1. The van der Waals surface area contributed by atoms with E-state index in [4.69, 9.17) is 0 Å². The number of hydrogen-bond donors (Lipinski definition) is 2. The van der Waals surface area contributed by atoms with E-state index in [1.807, 2.05) is 0 Å². The minimum Gasteiger partial charge on any atom is -0.428 e. The molecule has 0 aromatic carbocycles. The molecule has 0 fully saturated rings. The van der Waals surface area contributed by atoms with Gasteiger partial charge in [0.15, 0.2) is 0 Å². The minimum absolute atomic E-state index is 0.260. The molecule has 2 heterocycles. The molecule has 0 saturated carbocycles. The summed E-state index contributed by atoms with van der Waals surface area (Å²) in [6.07, 6.45) is 3.82. The Morgan fingerprint density at radius 3 is 2.93 bits per heavy atom. The van der Waals surface area contributed by atoms with E-state index in [2.05, 4.69) is 9.71 Å². The summed E-state index contributed by atoms with van der Waals surface area (Å²) < 4.78 is 25.2. The lowest BCUT2D eigenvalue weighted by atomic mass is 10.4. The van der Waals surface area contributed by atoms with Gasteiger partial charge in [0.1, 0.15) is 11.0 Å². The topological polar surface area (TPSA) is 84.2 Å². The Labute approximate surface area is 86.2 Å². The van der Waals surface area contributed by atoms with E-state index in [0.717, 1.165) is 11.0 Å². The van der Waals surface area contributed by atoms with Gasteiger partial charge in [0, 0.05) is 6.20 Å². The van der Waals surface area contributed by atoms with Crippen LogP contribution in [0.5, 0.6) is 0 Å². The molecule has 0 aliphatic carbocycles. The van der Waals surface area contributed by atoms with Gasteiger partial charge in [-0.05, 0) is 12.1 Å². The average molecular weight is 227 g/mol. The highest BCUT2D eigenvalue weighted by atomic mass is 32.2. The van der Waals surface area contributed by atoms with Crippen molar-refractivity contribution in [2.45, 2.75) is 0 Å². The van der Waals surface area contributed by atoms with Gasteiger partial charge in [0.2, 0.25) is 10.0 Å². The standard InChI is InChI=1S/C8H9N3O3S/c1-15(13,14)10-6-5-11(12)7-3-2-4-9-8(6)7/h2-5,10,12H,1H3. The molecule has 7 heteroatoms. The van der Waals surface area contributed by atoms with Gasteiger partial charge in [0.25, 0.3) is 0 Å². The fourth-order valence-corrected chi connectivity index (χ4v) is 1.87. The van der Waals surface area contributed by atoms with E-state index < -0.39 is 10.0 Å². The van der Waals surface area contributed by atoms with Crippen molar-refractivity contribution in [3.05, 3.63) is 24.5 Å². The SMILES string of the molecule is CS(=O)(=O)Nc1cn(O)c2cccnc12. The molecule has 0 aliphatic rings. The Hall–Kier alpha value is -1.76. The van der Waals surface area contributed by atoms with Crippen molar-refractivity contribution in [3.63, 3.8) is 0 Å². The van der Waals surface area contributed by atoms with Crippen LogP contribution in [0.25, 0.3) is 11.0 Å². The lowest BCUT2D eigenvalue weighted by Crippen LogP contribution is -2.09. The average Bonchev–Trinajstić information content (AvgIpc) is 2.42. The first-order chi connectivity index (χ1) is 6.97. The van der Waals surface area contributed by atoms with Crippen molar-refractivity contribution >= 4 is 26.7 Å². The normalized spacial score (nSPS) is 11.8. The van der Waals surface area contributed by atoms with Crippen LogP contribution in [0.2, 0.25) is 0 Å². The summed E-state index contributed by atoms with van der Waals surface area (Å²) in [5, 5.41) is 9.43. The van der Waals surface area contributed by atoms with Crippen LogP contribution in [-0.4, -0.2) is 29.6 Å². The monoisotopic (exact) mass is 227 g/mol. The summed E-state index contributed by atoms with van der Waals surface area (Å²) in [7, 11) is -3.37. The molecule has 2 N–H and O–H groups in total. The molecule has 0 atom stereocenters. The molecule has 6 nitrogen and oxygen atoms in total. The van der Waals surface area contributed by atoms with Crippen LogP contribution in [0.4, 0.5) is 5.69 Å². The largest absolute Gasteiger partial charge is 0.428 e. The molecule has 0 unspecified atom stereocenters. The number of aromatic nitrogens is 2. The van der Waals surface area contributed by atoms with Gasteiger partial charge in [-0.3, -0.25) is 9.71 Å². The highest BCUT2D eigenvalue weighted by molar-refractivity contribution is 7.92. The van der Waals surface area contributed by atoms with Crippen LogP contribution in [0.15, 0.2) is 24.5 Å². The number of nitrogens with zero attached hydrogens (tertiary/aromatic N) is 2. The Kier molecular flexibility index (Phi) is 2.04. The van der Waals surface area contributed by atoms with Gasteiger partial charge in [-0.25, -0.2) is 8.42 Å². The first-order valence-electron chi connectivity index (χ1n) is 4.10. The summed E-state index contributed by atoms with van der Waals surface area (Å²) in [5.74, 6) is 0. The smallest absolute Gasteiger partial charge is 0.229 e. The second-order valence-corrected chi connectivity index (χ2v) is 4.88. The van der Waals surface area contributed by atoms with Crippen LogP contribution in [0.1, 0.15) is 0 Å². The first kappa shape index (κ1) is 9.78. The fraction of sp³-hybridized carbons (Fsp3) is 0.125. The zero-order valence-corrected chi connectivity index (χ0v) is 8.69. The van der Waals surface area contributed by atoms with Gasteiger partial charge < -0.3 is 5.21 Å². The van der Waals surface area contributed by atoms with Crippen molar-refractivity contribution < 1.29 is 13.6 Å². The van der Waals surface area contributed by atoms with Crippen molar-refractivity contribution in [3.8, 4) is 0 Å². The number of rotatable bonds is 2. The van der Waals surface area contributed by atoms with Crippen LogP contribution in [-0.2, 0) is 10.0 Å². The predicted octanol–water partition coefficient (Wildman–Crippen LogP) is 0.645. The molecule has 0 bridgehead atoms. The van der Waals surface area contributed by atoms with Crippen molar-refractivity contribution in [2.75, 3.05) is 11.0 Å². The molecule has 80 valence electrons. The summed E-state index contributed by atoms with van der Waals surface area (Å²) in [6, 6.07) is 3.29. The number of nitrogens with one attached hydrogen (secondary N) is 1. The van der Waals surface area contributed by atoms with E-state index in [-0.39, 0.29) is 5.69 Å². The van der Waals surface area contributed by atoms with Gasteiger partial charge >= 0.3 is 0 Å². The number of hydrogen-bond acceptors (Lipinski definition) is 4. The van der Waals surface area contributed by atoms with Gasteiger partial charge in [-0.1, -0.05) is 0 Å². The lowest BCUT2D eigenvalue weighted by molar-refractivity contribution is 0.200. The minimum atomic E-state index is -3.37. The highest BCUT2D eigenvalue weighted by Crippen LogP contribution is 2.22. The highest BCUT2D eigenvalue weighted by Gasteiger charge is 2.11. The summed E-state index contributed by atoms with van der Waals surface area (Å²) in [4.78, 5) is 3.98. The Bertz CT molecular complexity index is 603. The molecular formula is C8H9N3O3S. The second kappa shape index (κ2) is 3.13. The Morgan fingerprint density at radius 1 is 1.53 bits per heavy atom. The number of pyridine rings is 1. The quantitative estimate of drug-likeness (QED) is 0.737. The summed E-state index contributed by atoms with van der Waals surface area (Å²) in [5.41, 5.74) is 1.12. The maximum atomic E-state index is 11.0. The van der Waals surface area contributed by atoms with Crippen LogP contribution < -0.4 is 4.72 Å². The maximum Gasteiger partial charge on any atom is 0.229 e. The third-order valence-electron chi connectivity index (χ3n) is 1.84. The van der Waals surface area contributed by atoms with Crippen LogP contribution in [0, 0.1) is 0 Å². The molecule has 15 heavy (non-hydrogen) atoms. The zero-order valence-electron chi connectivity index (χ0n) is 7.88. The zero-order chi connectivity index (χ0) is 11.1. The number of anilines is 1. The molecule has 0 aliphatic heterocycles. The maximum absolute atomic E-state index is 11.0. The molecule has 0 amide bonds.